The molecule has 0 saturated carbocycles. The topological polar surface area (TPSA) is 75.7 Å². The molecule has 30 heavy (non-hydrogen) atoms. The van der Waals surface area contributed by atoms with Gasteiger partial charge in [-0.2, -0.15) is 15.8 Å². The van der Waals surface area contributed by atoms with E-state index in [-0.39, 0.29) is 22.4 Å². The highest BCUT2D eigenvalue weighted by Crippen LogP contribution is 2.37. The monoisotopic (exact) mass is 394 g/mol. The Morgan fingerprint density at radius 3 is 1.60 bits per heavy atom. The Kier molecular flexibility index (Phi) is 5.29. The molecule has 0 saturated heterocycles. The number of hydrogen-bond donors (Lipinski definition) is 0. The van der Waals surface area contributed by atoms with E-state index < -0.39 is 11.6 Å². The Morgan fingerprint density at radius 1 is 0.667 bits per heavy atom. The van der Waals surface area contributed by atoms with Crippen LogP contribution in [0.2, 0.25) is 0 Å². The van der Waals surface area contributed by atoms with Gasteiger partial charge in [-0.25, -0.2) is 13.6 Å². The molecule has 3 rings (SSSR count). The number of nitrogens with zero attached hydrogens (tertiary/aromatic N) is 4. The molecule has 142 valence electrons. The molecule has 0 atom stereocenters. The third-order valence-electron chi connectivity index (χ3n) is 4.83. The fourth-order valence-electron chi connectivity index (χ4n) is 3.33. The van der Waals surface area contributed by atoms with Crippen LogP contribution in [0.15, 0.2) is 36.4 Å². The minimum absolute atomic E-state index is 0.161. The average molecular weight is 394 g/mol. The van der Waals surface area contributed by atoms with Gasteiger partial charge in [-0.05, 0) is 65.9 Å². The Bertz CT molecular complexity index is 1270. The second-order valence-corrected chi connectivity index (χ2v) is 6.66. The molecule has 0 spiro atoms. The molecule has 3 aromatic rings. The van der Waals surface area contributed by atoms with Crippen molar-refractivity contribution in [1.82, 2.24) is 0 Å². The first kappa shape index (κ1) is 20.2. The van der Waals surface area contributed by atoms with Gasteiger partial charge in [0.1, 0.15) is 17.7 Å². The summed E-state index contributed by atoms with van der Waals surface area (Å²) in [5.74, 6) is -1.45. The van der Waals surface area contributed by atoms with Crippen LogP contribution in [-0.4, -0.2) is 0 Å². The van der Waals surface area contributed by atoms with Gasteiger partial charge in [0.25, 0.3) is 0 Å². The lowest BCUT2D eigenvalue weighted by atomic mass is 9.88. The highest BCUT2D eigenvalue weighted by molar-refractivity contribution is 5.82. The first-order valence-electron chi connectivity index (χ1n) is 8.71. The van der Waals surface area contributed by atoms with Crippen molar-refractivity contribution in [2.45, 2.75) is 13.8 Å². The van der Waals surface area contributed by atoms with Gasteiger partial charge in [0.2, 0.25) is 5.69 Å². The fourth-order valence-corrected chi connectivity index (χ4v) is 3.33. The van der Waals surface area contributed by atoms with E-state index in [1.165, 1.54) is 12.1 Å². The van der Waals surface area contributed by atoms with Crippen LogP contribution < -0.4 is 0 Å². The molecule has 0 bridgehead atoms. The van der Waals surface area contributed by atoms with Crippen LogP contribution in [0.5, 0.6) is 0 Å². The molecule has 0 N–H and O–H groups in total. The van der Waals surface area contributed by atoms with Gasteiger partial charge in [0, 0.05) is 11.1 Å². The summed E-state index contributed by atoms with van der Waals surface area (Å²) in [6, 6.07) is 13.9. The molecule has 0 aliphatic carbocycles. The summed E-state index contributed by atoms with van der Waals surface area (Å²) in [4.78, 5) is 3.08. The molecule has 6 heteroatoms. The predicted octanol–water partition coefficient (Wildman–Crippen LogP) is 6.08. The average Bonchev–Trinajstić information content (AvgIpc) is 2.74. The molecule has 4 nitrogen and oxygen atoms in total. The van der Waals surface area contributed by atoms with E-state index in [9.17, 15) is 19.3 Å². The molecule has 0 aliphatic heterocycles. The van der Waals surface area contributed by atoms with Crippen molar-refractivity contribution < 1.29 is 8.78 Å². The Hall–Kier alpha value is -4.52. The minimum Gasteiger partial charge on any atom is -0.235 e. The molecule has 0 heterocycles. The van der Waals surface area contributed by atoms with Crippen LogP contribution in [0.3, 0.4) is 0 Å². The molecule has 0 aliphatic rings. The SMILES string of the molecule is [C-]#[N+]c1cc(C#N)c(-c2cc(C)c(-c3cc(F)c(C#N)cc3C#N)cc2C)cc1F. The van der Waals surface area contributed by atoms with Crippen LogP contribution >= 0.6 is 0 Å². The number of rotatable bonds is 2. The summed E-state index contributed by atoms with van der Waals surface area (Å²) in [7, 11) is 0. The lowest BCUT2D eigenvalue weighted by Crippen LogP contribution is -1.96. The maximum absolute atomic E-state index is 14.2. The van der Waals surface area contributed by atoms with Crippen molar-refractivity contribution in [3.05, 3.63) is 87.3 Å². The summed E-state index contributed by atoms with van der Waals surface area (Å²) in [6.45, 7) is 10.5. The summed E-state index contributed by atoms with van der Waals surface area (Å²) in [5, 5.41) is 27.9. The molecule has 0 aromatic heterocycles. The maximum atomic E-state index is 14.2. The summed E-state index contributed by atoms with van der Waals surface area (Å²) in [6.07, 6.45) is 0. The Morgan fingerprint density at radius 2 is 1.13 bits per heavy atom. The van der Waals surface area contributed by atoms with Gasteiger partial charge >= 0.3 is 0 Å². The quantitative estimate of drug-likeness (QED) is 0.494. The zero-order valence-corrected chi connectivity index (χ0v) is 16.0. The van der Waals surface area contributed by atoms with Gasteiger partial charge in [0.15, 0.2) is 0 Å². The first-order chi connectivity index (χ1) is 14.3. The summed E-state index contributed by atoms with van der Waals surface area (Å²) in [5.41, 5.74) is 3.11. The van der Waals surface area contributed by atoms with Crippen LogP contribution in [0.4, 0.5) is 14.5 Å². The number of aryl methyl sites for hydroxylation is 2. The van der Waals surface area contributed by atoms with E-state index >= 15 is 0 Å². The normalized spacial score (nSPS) is 9.87. The van der Waals surface area contributed by atoms with E-state index in [0.717, 1.165) is 12.1 Å². The van der Waals surface area contributed by atoms with Gasteiger partial charge in [-0.15, -0.1) is 0 Å². The molecule has 0 fully saturated rings. The molecular formula is C24H12F2N4. The lowest BCUT2D eigenvalue weighted by Gasteiger charge is -2.15. The standard InChI is InChI=1S/C24H12F2N4/c1-13-5-19(21-9-23(26)24(30-3)7-16(21)11-28)14(2)4-18(13)20-8-22(25)17(12-29)6-15(20)10-27/h4-9H,1-2H3. The number of nitriles is 3. The highest BCUT2D eigenvalue weighted by atomic mass is 19.1. The smallest absolute Gasteiger partial charge is 0.223 e. The fraction of sp³-hybridized carbons (Fsp3) is 0.0833. The number of benzene rings is 3. The first-order valence-corrected chi connectivity index (χ1v) is 8.71. The summed E-state index contributed by atoms with van der Waals surface area (Å²) >= 11 is 0. The third-order valence-corrected chi connectivity index (χ3v) is 4.83. The summed E-state index contributed by atoms with van der Waals surface area (Å²) < 4.78 is 28.4. The van der Waals surface area contributed by atoms with Crippen molar-refractivity contribution in [2.75, 3.05) is 0 Å². The molecule has 0 radical (unpaired) electrons. The van der Waals surface area contributed by atoms with E-state index in [1.54, 1.807) is 32.0 Å². The molecule has 3 aromatic carbocycles. The minimum atomic E-state index is -0.726. The highest BCUT2D eigenvalue weighted by Gasteiger charge is 2.18. The van der Waals surface area contributed by atoms with E-state index in [2.05, 4.69) is 4.85 Å². The van der Waals surface area contributed by atoms with Crippen LogP contribution in [-0.2, 0) is 0 Å². The van der Waals surface area contributed by atoms with Crippen LogP contribution in [0, 0.1) is 66.0 Å². The largest absolute Gasteiger partial charge is 0.235 e. The predicted molar refractivity (Wildman–Crippen MR) is 107 cm³/mol. The van der Waals surface area contributed by atoms with Crippen LogP contribution in [0.25, 0.3) is 27.1 Å². The third kappa shape index (κ3) is 3.35. The maximum Gasteiger partial charge on any atom is 0.223 e. The molecular weight excluding hydrogens is 382 g/mol. The van der Waals surface area contributed by atoms with Gasteiger partial charge in [-0.3, -0.25) is 0 Å². The Labute approximate surface area is 172 Å². The van der Waals surface area contributed by atoms with Crippen molar-refractivity contribution in [3.8, 4) is 40.5 Å². The molecule has 0 amide bonds. The van der Waals surface area contributed by atoms with Gasteiger partial charge < -0.3 is 0 Å². The van der Waals surface area contributed by atoms with E-state index in [0.29, 0.717) is 33.4 Å². The van der Waals surface area contributed by atoms with Crippen molar-refractivity contribution in [1.29, 1.82) is 15.8 Å². The van der Waals surface area contributed by atoms with E-state index in [1.807, 2.05) is 12.1 Å². The van der Waals surface area contributed by atoms with E-state index in [4.69, 9.17) is 11.8 Å². The van der Waals surface area contributed by atoms with Crippen LogP contribution in [0.1, 0.15) is 27.8 Å². The van der Waals surface area contributed by atoms with Crippen molar-refractivity contribution >= 4 is 5.69 Å². The number of hydrogen-bond acceptors (Lipinski definition) is 3. The second kappa shape index (κ2) is 7.84. The Balaban J connectivity index is 2.26. The van der Waals surface area contributed by atoms with Crippen molar-refractivity contribution in [2.24, 2.45) is 0 Å². The van der Waals surface area contributed by atoms with Gasteiger partial charge in [0.05, 0.1) is 29.8 Å². The zero-order chi connectivity index (χ0) is 22.0. The van der Waals surface area contributed by atoms with Crippen molar-refractivity contribution in [3.63, 3.8) is 0 Å². The molecule has 0 unspecified atom stereocenters. The second-order valence-electron chi connectivity index (χ2n) is 6.66. The van der Waals surface area contributed by atoms with Gasteiger partial charge in [-0.1, -0.05) is 12.1 Å². The lowest BCUT2D eigenvalue weighted by molar-refractivity contribution is 0.624. The zero-order valence-electron chi connectivity index (χ0n) is 16.0. The number of halogens is 2.